The summed E-state index contributed by atoms with van der Waals surface area (Å²) in [6.45, 7) is 8.46. The summed E-state index contributed by atoms with van der Waals surface area (Å²) in [6.07, 6.45) is 4.38. The first-order chi connectivity index (χ1) is 12.1. The van der Waals surface area contributed by atoms with Gasteiger partial charge in [0.15, 0.2) is 0 Å². The maximum atomic E-state index is 13.3. The molecule has 2 heterocycles. The third kappa shape index (κ3) is 4.00. The summed E-state index contributed by atoms with van der Waals surface area (Å²) in [5, 5.41) is 5.35. The number of aromatic nitrogens is 2. The topological polar surface area (TPSA) is 41.4 Å². The van der Waals surface area contributed by atoms with E-state index < -0.39 is 0 Å². The van der Waals surface area contributed by atoms with Crippen molar-refractivity contribution in [1.82, 2.24) is 19.6 Å². The summed E-state index contributed by atoms with van der Waals surface area (Å²) in [5.74, 6) is 0.0107. The Hall–Kier alpha value is -1.95. The highest BCUT2D eigenvalue weighted by Crippen LogP contribution is 2.26. The van der Waals surface area contributed by atoms with Crippen LogP contribution >= 0.6 is 0 Å². The van der Waals surface area contributed by atoms with Crippen molar-refractivity contribution in [2.45, 2.75) is 39.2 Å². The highest BCUT2D eigenvalue weighted by atomic mass is 19.1. The Labute approximate surface area is 148 Å². The molecule has 6 heteroatoms. The molecular weight excluding hydrogens is 319 g/mol. The molecule has 0 saturated carbocycles. The first-order valence-corrected chi connectivity index (χ1v) is 9.25. The molecule has 2 aromatic rings. The molecular formula is C19H27FN4O. The summed E-state index contributed by atoms with van der Waals surface area (Å²) in [4.78, 5) is 16.2. The van der Waals surface area contributed by atoms with Gasteiger partial charge in [0.25, 0.3) is 0 Å². The molecule has 0 N–H and O–H groups in total. The van der Waals surface area contributed by atoms with Gasteiger partial charge < -0.3 is 9.80 Å². The molecule has 25 heavy (non-hydrogen) atoms. The van der Waals surface area contributed by atoms with Gasteiger partial charge in [-0.15, -0.1) is 0 Å². The molecule has 136 valence electrons. The van der Waals surface area contributed by atoms with E-state index in [0.29, 0.717) is 12.5 Å². The van der Waals surface area contributed by atoms with Crippen molar-refractivity contribution in [3.05, 3.63) is 30.2 Å². The zero-order valence-electron chi connectivity index (χ0n) is 15.1. The predicted octanol–water partition coefficient (Wildman–Crippen LogP) is 3.07. The predicted molar refractivity (Wildman–Crippen MR) is 96.9 cm³/mol. The largest absolute Gasteiger partial charge is 0.342 e. The van der Waals surface area contributed by atoms with E-state index in [4.69, 9.17) is 0 Å². The number of carbonyl (C=O) groups is 1. The van der Waals surface area contributed by atoms with Gasteiger partial charge in [-0.2, -0.15) is 5.10 Å². The van der Waals surface area contributed by atoms with E-state index >= 15 is 0 Å². The Morgan fingerprint density at radius 1 is 1.32 bits per heavy atom. The van der Waals surface area contributed by atoms with Crippen molar-refractivity contribution in [1.29, 1.82) is 0 Å². The molecule has 1 aromatic heterocycles. The van der Waals surface area contributed by atoms with Crippen molar-refractivity contribution < 1.29 is 9.18 Å². The minimum absolute atomic E-state index is 0.219. The maximum Gasteiger partial charge on any atom is 0.222 e. The molecule has 0 unspecified atom stereocenters. The molecule has 1 amide bonds. The lowest BCUT2D eigenvalue weighted by molar-refractivity contribution is -0.130. The molecule has 1 saturated heterocycles. The van der Waals surface area contributed by atoms with E-state index in [1.54, 1.807) is 6.20 Å². The lowest BCUT2D eigenvalue weighted by Gasteiger charge is -2.33. The van der Waals surface area contributed by atoms with Crippen molar-refractivity contribution >= 4 is 16.8 Å². The second-order valence-corrected chi connectivity index (χ2v) is 6.69. The fourth-order valence-electron chi connectivity index (χ4n) is 3.65. The molecule has 1 aromatic carbocycles. The van der Waals surface area contributed by atoms with Crippen LogP contribution in [0.3, 0.4) is 0 Å². The van der Waals surface area contributed by atoms with Crippen LogP contribution in [0.25, 0.3) is 10.9 Å². The van der Waals surface area contributed by atoms with Gasteiger partial charge in [0.2, 0.25) is 5.91 Å². The molecule has 0 aliphatic carbocycles. The van der Waals surface area contributed by atoms with E-state index in [1.165, 1.54) is 12.1 Å². The number of hydrogen-bond donors (Lipinski definition) is 0. The highest BCUT2D eigenvalue weighted by Gasteiger charge is 2.23. The van der Waals surface area contributed by atoms with Crippen molar-refractivity contribution in [2.75, 3.05) is 32.7 Å². The first kappa shape index (κ1) is 17.9. The quantitative estimate of drug-likeness (QED) is 0.807. The second-order valence-electron chi connectivity index (χ2n) is 6.69. The number of piperidine rings is 1. The molecule has 0 spiro atoms. The minimum Gasteiger partial charge on any atom is -0.342 e. The van der Waals surface area contributed by atoms with Gasteiger partial charge >= 0.3 is 0 Å². The van der Waals surface area contributed by atoms with E-state index in [-0.39, 0.29) is 11.7 Å². The van der Waals surface area contributed by atoms with E-state index in [9.17, 15) is 9.18 Å². The molecule has 3 rings (SSSR count). The van der Waals surface area contributed by atoms with Crippen LogP contribution in [0, 0.1) is 5.82 Å². The number of nitrogens with zero attached hydrogens (tertiary/aromatic N) is 4. The van der Waals surface area contributed by atoms with Gasteiger partial charge in [-0.25, -0.2) is 4.39 Å². The van der Waals surface area contributed by atoms with Crippen molar-refractivity contribution in [3.8, 4) is 0 Å². The van der Waals surface area contributed by atoms with Gasteiger partial charge in [0.1, 0.15) is 5.82 Å². The Balaban J connectivity index is 1.55. The van der Waals surface area contributed by atoms with Gasteiger partial charge in [-0.1, -0.05) is 6.92 Å². The Kier molecular flexibility index (Phi) is 5.68. The number of fused-ring (bicyclic) bond motifs is 1. The fourth-order valence-corrected chi connectivity index (χ4v) is 3.65. The standard InChI is InChI=1S/C19H27FN4O/c1-3-19(25)23(4-2)12-11-22-9-7-17(8-10-22)24-18-6-5-16(20)13-15(18)14-21-24/h5-6,13-14,17H,3-4,7-12H2,1-2H3. The molecule has 0 bridgehead atoms. The number of amides is 1. The van der Waals surface area contributed by atoms with Crippen molar-refractivity contribution in [3.63, 3.8) is 0 Å². The van der Waals surface area contributed by atoms with Crippen LogP contribution in [-0.4, -0.2) is 58.2 Å². The lowest BCUT2D eigenvalue weighted by atomic mass is 10.0. The van der Waals surface area contributed by atoms with Gasteiger partial charge in [-0.3, -0.25) is 9.48 Å². The highest BCUT2D eigenvalue weighted by molar-refractivity contribution is 5.78. The van der Waals surface area contributed by atoms with Crippen LogP contribution in [0.4, 0.5) is 4.39 Å². The van der Waals surface area contributed by atoms with Gasteiger partial charge in [0.05, 0.1) is 17.8 Å². The Morgan fingerprint density at radius 2 is 2.08 bits per heavy atom. The van der Waals surface area contributed by atoms with Gasteiger partial charge in [-0.05, 0) is 38.0 Å². The lowest BCUT2D eigenvalue weighted by Crippen LogP contribution is -2.41. The average Bonchev–Trinajstić information content (AvgIpc) is 3.05. The molecule has 5 nitrogen and oxygen atoms in total. The summed E-state index contributed by atoms with van der Waals surface area (Å²) in [6, 6.07) is 5.22. The number of hydrogen-bond acceptors (Lipinski definition) is 3. The van der Waals surface area contributed by atoms with Crippen LogP contribution in [0.2, 0.25) is 0 Å². The number of rotatable bonds is 6. The third-order valence-electron chi connectivity index (χ3n) is 5.18. The fraction of sp³-hybridized carbons (Fsp3) is 0.579. The number of likely N-dealkylation sites (tertiary alicyclic amines) is 1. The number of likely N-dealkylation sites (N-methyl/N-ethyl adjacent to an activating group) is 1. The summed E-state index contributed by atoms with van der Waals surface area (Å²) < 4.78 is 15.4. The first-order valence-electron chi connectivity index (χ1n) is 9.25. The molecule has 1 aliphatic rings. The van der Waals surface area contributed by atoms with Crippen LogP contribution in [0.5, 0.6) is 0 Å². The Morgan fingerprint density at radius 3 is 2.76 bits per heavy atom. The van der Waals surface area contributed by atoms with E-state index in [0.717, 1.165) is 56.5 Å². The zero-order valence-corrected chi connectivity index (χ0v) is 15.1. The number of halogens is 1. The monoisotopic (exact) mass is 346 g/mol. The smallest absolute Gasteiger partial charge is 0.222 e. The number of benzene rings is 1. The van der Waals surface area contributed by atoms with E-state index in [1.807, 2.05) is 29.5 Å². The summed E-state index contributed by atoms with van der Waals surface area (Å²) in [7, 11) is 0. The second kappa shape index (κ2) is 7.95. The average molecular weight is 346 g/mol. The van der Waals surface area contributed by atoms with Gasteiger partial charge in [0, 0.05) is 44.5 Å². The molecule has 1 fully saturated rings. The third-order valence-corrected chi connectivity index (χ3v) is 5.18. The van der Waals surface area contributed by atoms with Crippen molar-refractivity contribution in [2.24, 2.45) is 0 Å². The minimum atomic E-state index is -0.219. The molecule has 0 radical (unpaired) electrons. The molecule has 0 atom stereocenters. The SMILES string of the molecule is CCC(=O)N(CC)CCN1CCC(n2ncc3cc(F)ccc32)CC1. The zero-order chi connectivity index (χ0) is 17.8. The Bertz CT molecular complexity index is 721. The van der Waals surface area contributed by atoms with Crippen LogP contribution < -0.4 is 0 Å². The molecule has 1 aliphatic heterocycles. The summed E-state index contributed by atoms with van der Waals surface area (Å²) >= 11 is 0. The summed E-state index contributed by atoms with van der Waals surface area (Å²) in [5.41, 5.74) is 1.01. The van der Waals surface area contributed by atoms with E-state index in [2.05, 4.69) is 10.00 Å². The number of carbonyl (C=O) groups excluding carboxylic acids is 1. The van der Waals surface area contributed by atoms with Crippen LogP contribution in [0.1, 0.15) is 39.2 Å². The van der Waals surface area contributed by atoms with Crippen LogP contribution in [0.15, 0.2) is 24.4 Å². The van der Waals surface area contributed by atoms with Crippen LogP contribution in [-0.2, 0) is 4.79 Å². The normalized spacial score (nSPS) is 16.4. The maximum absolute atomic E-state index is 13.3.